The van der Waals surface area contributed by atoms with Crippen LogP contribution in [0.25, 0.3) is 22.0 Å². The first kappa shape index (κ1) is 10.8. The van der Waals surface area contributed by atoms with Crippen LogP contribution in [0.15, 0.2) is 42.7 Å². The third kappa shape index (κ3) is 1.74. The van der Waals surface area contributed by atoms with Crippen LogP contribution in [-0.4, -0.2) is 17.1 Å². The van der Waals surface area contributed by atoms with Crippen LogP contribution < -0.4 is 4.74 Å². The molecule has 0 amide bonds. The fourth-order valence-electron chi connectivity index (χ4n) is 2.12. The lowest BCUT2D eigenvalue weighted by molar-refractivity contribution is 0.398. The van der Waals surface area contributed by atoms with E-state index in [1.54, 1.807) is 7.11 Å². The molecule has 0 saturated heterocycles. The number of aryl methyl sites for hydroxylation is 1. The van der Waals surface area contributed by atoms with E-state index in [1.807, 2.05) is 24.5 Å². The van der Waals surface area contributed by atoms with Crippen molar-refractivity contribution in [1.82, 2.24) is 9.97 Å². The standard InChI is InChI=1S/C15H14N2O/c1-10-8-16-14-7-11(3-5-13(10)14)12-4-6-15(18-2)17-9-12/h3-9,16H,1-2H3. The summed E-state index contributed by atoms with van der Waals surface area (Å²) in [4.78, 5) is 7.50. The van der Waals surface area contributed by atoms with Crippen molar-refractivity contribution in [3.8, 4) is 17.0 Å². The first-order valence-corrected chi connectivity index (χ1v) is 5.86. The highest BCUT2D eigenvalue weighted by Gasteiger charge is 2.03. The van der Waals surface area contributed by atoms with Crippen LogP contribution in [-0.2, 0) is 0 Å². The highest BCUT2D eigenvalue weighted by Crippen LogP contribution is 2.25. The molecule has 0 bridgehead atoms. The second kappa shape index (κ2) is 4.18. The molecule has 1 aromatic carbocycles. The maximum atomic E-state index is 5.06. The van der Waals surface area contributed by atoms with Crippen molar-refractivity contribution in [2.75, 3.05) is 7.11 Å². The van der Waals surface area contributed by atoms with Crippen LogP contribution in [0.3, 0.4) is 0 Å². The number of rotatable bonds is 2. The van der Waals surface area contributed by atoms with Crippen LogP contribution in [0.1, 0.15) is 5.56 Å². The number of hydrogen-bond donors (Lipinski definition) is 1. The van der Waals surface area contributed by atoms with Crippen LogP contribution >= 0.6 is 0 Å². The number of fused-ring (bicyclic) bond motifs is 1. The largest absolute Gasteiger partial charge is 0.481 e. The summed E-state index contributed by atoms with van der Waals surface area (Å²) in [5.41, 5.74) is 4.66. The zero-order valence-corrected chi connectivity index (χ0v) is 10.4. The van der Waals surface area contributed by atoms with Crippen LogP contribution in [0, 0.1) is 6.92 Å². The summed E-state index contributed by atoms with van der Waals surface area (Å²) in [7, 11) is 1.62. The fourth-order valence-corrected chi connectivity index (χ4v) is 2.12. The smallest absolute Gasteiger partial charge is 0.212 e. The highest BCUT2D eigenvalue weighted by molar-refractivity contribution is 5.87. The lowest BCUT2D eigenvalue weighted by atomic mass is 10.1. The van der Waals surface area contributed by atoms with Gasteiger partial charge in [0, 0.05) is 34.9 Å². The number of aromatic amines is 1. The molecule has 0 aliphatic carbocycles. The Kier molecular flexibility index (Phi) is 2.52. The molecular formula is C15H14N2O. The summed E-state index contributed by atoms with van der Waals surface area (Å²) < 4.78 is 5.06. The lowest BCUT2D eigenvalue weighted by Gasteiger charge is -2.03. The average molecular weight is 238 g/mol. The van der Waals surface area contributed by atoms with E-state index >= 15 is 0 Å². The number of pyridine rings is 1. The summed E-state index contributed by atoms with van der Waals surface area (Å²) in [6, 6.07) is 10.3. The molecule has 0 aliphatic heterocycles. The van der Waals surface area contributed by atoms with Crippen molar-refractivity contribution in [2.24, 2.45) is 0 Å². The summed E-state index contributed by atoms with van der Waals surface area (Å²) in [5.74, 6) is 0.635. The SMILES string of the molecule is COc1ccc(-c2ccc3c(C)c[nH]c3c2)cn1. The lowest BCUT2D eigenvalue weighted by Crippen LogP contribution is -1.87. The Morgan fingerprint density at radius 2 is 1.94 bits per heavy atom. The van der Waals surface area contributed by atoms with Gasteiger partial charge in [-0.25, -0.2) is 4.98 Å². The second-order valence-corrected chi connectivity index (χ2v) is 4.32. The molecule has 0 saturated carbocycles. The van der Waals surface area contributed by atoms with Gasteiger partial charge in [0.15, 0.2) is 0 Å². The van der Waals surface area contributed by atoms with Gasteiger partial charge in [-0.1, -0.05) is 12.1 Å². The van der Waals surface area contributed by atoms with Crippen molar-refractivity contribution < 1.29 is 4.74 Å². The topological polar surface area (TPSA) is 37.9 Å². The normalized spacial score (nSPS) is 10.8. The van der Waals surface area contributed by atoms with Crippen LogP contribution in [0.5, 0.6) is 5.88 Å². The number of methoxy groups -OCH3 is 1. The Morgan fingerprint density at radius 1 is 1.11 bits per heavy atom. The molecule has 18 heavy (non-hydrogen) atoms. The van der Waals surface area contributed by atoms with Gasteiger partial charge in [0.05, 0.1) is 7.11 Å². The molecule has 3 nitrogen and oxygen atoms in total. The van der Waals surface area contributed by atoms with E-state index in [9.17, 15) is 0 Å². The van der Waals surface area contributed by atoms with Gasteiger partial charge in [-0.3, -0.25) is 0 Å². The maximum Gasteiger partial charge on any atom is 0.212 e. The van der Waals surface area contributed by atoms with Gasteiger partial charge in [0.1, 0.15) is 0 Å². The van der Waals surface area contributed by atoms with E-state index in [-0.39, 0.29) is 0 Å². The minimum atomic E-state index is 0.635. The monoisotopic (exact) mass is 238 g/mol. The Hall–Kier alpha value is -2.29. The minimum absolute atomic E-state index is 0.635. The third-order valence-electron chi connectivity index (χ3n) is 3.17. The maximum absolute atomic E-state index is 5.06. The number of H-pyrrole nitrogens is 1. The van der Waals surface area contributed by atoms with Crippen molar-refractivity contribution in [1.29, 1.82) is 0 Å². The van der Waals surface area contributed by atoms with E-state index in [0.717, 1.165) is 16.6 Å². The molecular weight excluding hydrogens is 224 g/mol. The molecule has 2 heterocycles. The van der Waals surface area contributed by atoms with E-state index in [1.165, 1.54) is 10.9 Å². The Balaban J connectivity index is 2.07. The third-order valence-corrected chi connectivity index (χ3v) is 3.17. The Bertz CT molecular complexity index is 683. The predicted molar refractivity (Wildman–Crippen MR) is 72.8 cm³/mol. The second-order valence-electron chi connectivity index (χ2n) is 4.32. The molecule has 0 radical (unpaired) electrons. The minimum Gasteiger partial charge on any atom is -0.481 e. The number of ether oxygens (including phenoxy) is 1. The van der Waals surface area contributed by atoms with Crippen molar-refractivity contribution in [3.05, 3.63) is 48.3 Å². The molecule has 0 spiro atoms. The summed E-state index contributed by atoms with van der Waals surface area (Å²) in [6.07, 6.45) is 3.86. The predicted octanol–water partition coefficient (Wildman–Crippen LogP) is 3.55. The van der Waals surface area contributed by atoms with E-state index in [2.05, 4.69) is 35.1 Å². The number of benzene rings is 1. The van der Waals surface area contributed by atoms with E-state index in [4.69, 9.17) is 4.74 Å². The molecule has 3 aromatic rings. The van der Waals surface area contributed by atoms with Crippen molar-refractivity contribution in [2.45, 2.75) is 6.92 Å². The van der Waals surface area contributed by atoms with Gasteiger partial charge in [0.2, 0.25) is 5.88 Å². The molecule has 3 rings (SSSR count). The fraction of sp³-hybridized carbons (Fsp3) is 0.133. The van der Waals surface area contributed by atoms with Gasteiger partial charge in [-0.15, -0.1) is 0 Å². The van der Waals surface area contributed by atoms with Gasteiger partial charge >= 0.3 is 0 Å². The van der Waals surface area contributed by atoms with Crippen LogP contribution in [0.4, 0.5) is 0 Å². The molecule has 0 fully saturated rings. The first-order valence-electron chi connectivity index (χ1n) is 5.86. The molecule has 0 aliphatic rings. The van der Waals surface area contributed by atoms with Crippen LogP contribution in [0.2, 0.25) is 0 Å². The summed E-state index contributed by atoms with van der Waals surface area (Å²) in [5, 5.41) is 1.26. The molecule has 0 atom stereocenters. The molecule has 3 heteroatoms. The van der Waals surface area contributed by atoms with E-state index in [0.29, 0.717) is 5.88 Å². The van der Waals surface area contributed by atoms with E-state index < -0.39 is 0 Å². The number of hydrogen-bond acceptors (Lipinski definition) is 2. The molecule has 1 N–H and O–H groups in total. The van der Waals surface area contributed by atoms with Gasteiger partial charge < -0.3 is 9.72 Å². The van der Waals surface area contributed by atoms with Crippen molar-refractivity contribution >= 4 is 10.9 Å². The van der Waals surface area contributed by atoms with Crippen molar-refractivity contribution in [3.63, 3.8) is 0 Å². The molecule has 90 valence electrons. The van der Waals surface area contributed by atoms with Gasteiger partial charge in [-0.05, 0) is 30.2 Å². The van der Waals surface area contributed by atoms with Gasteiger partial charge in [-0.2, -0.15) is 0 Å². The molecule has 2 aromatic heterocycles. The first-order chi connectivity index (χ1) is 8.78. The summed E-state index contributed by atoms with van der Waals surface area (Å²) >= 11 is 0. The Morgan fingerprint density at radius 3 is 2.67 bits per heavy atom. The summed E-state index contributed by atoms with van der Waals surface area (Å²) in [6.45, 7) is 2.10. The number of aromatic nitrogens is 2. The molecule has 0 unspecified atom stereocenters. The zero-order valence-electron chi connectivity index (χ0n) is 10.4. The quantitative estimate of drug-likeness (QED) is 0.741. The Labute approximate surface area is 105 Å². The number of nitrogens with one attached hydrogen (secondary N) is 1. The van der Waals surface area contributed by atoms with Gasteiger partial charge in [0.25, 0.3) is 0 Å². The highest BCUT2D eigenvalue weighted by atomic mass is 16.5. The average Bonchev–Trinajstić information content (AvgIpc) is 2.80. The zero-order chi connectivity index (χ0) is 12.5. The number of nitrogens with zero attached hydrogens (tertiary/aromatic N) is 1.